The molecule has 0 aromatic heterocycles. The van der Waals surface area contributed by atoms with Gasteiger partial charge in [-0.3, -0.25) is 0 Å². The molecule has 0 unspecified atom stereocenters. The number of hydrogen-bond donors (Lipinski definition) is 1. The van der Waals surface area contributed by atoms with Gasteiger partial charge < -0.3 is 10.5 Å². The van der Waals surface area contributed by atoms with Gasteiger partial charge in [0.25, 0.3) is 0 Å². The van der Waals surface area contributed by atoms with Crippen molar-refractivity contribution in [1.82, 2.24) is 0 Å². The molecule has 0 aliphatic heterocycles. The van der Waals surface area contributed by atoms with E-state index in [4.69, 9.17) is 10.5 Å². The number of nitrogens with two attached hydrogens (primary N) is 1. The SMILES string of the molecule is Cc1cc(OC2CCCCCC2)c(Br)cc1N. The molecule has 1 aromatic rings. The Bertz CT molecular complexity index is 384. The Balaban J connectivity index is 2.09. The van der Waals surface area contributed by atoms with Gasteiger partial charge in [-0.2, -0.15) is 0 Å². The van der Waals surface area contributed by atoms with Crippen LogP contribution in [0.4, 0.5) is 5.69 Å². The second-order valence-electron chi connectivity index (χ2n) is 4.87. The van der Waals surface area contributed by atoms with E-state index in [0.717, 1.165) is 21.5 Å². The number of aryl methyl sites for hydroxylation is 1. The maximum Gasteiger partial charge on any atom is 0.134 e. The molecule has 3 heteroatoms. The van der Waals surface area contributed by atoms with E-state index in [1.54, 1.807) is 0 Å². The average molecular weight is 298 g/mol. The first-order valence-corrected chi connectivity index (χ1v) is 7.18. The molecule has 1 saturated carbocycles. The highest BCUT2D eigenvalue weighted by Crippen LogP contribution is 2.32. The van der Waals surface area contributed by atoms with Gasteiger partial charge >= 0.3 is 0 Å². The molecule has 0 amide bonds. The first kappa shape index (κ1) is 12.7. The summed E-state index contributed by atoms with van der Waals surface area (Å²) in [6.07, 6.45) is 8.00. The molecule has 2 nitrogen and oxygen atoms in total. The van der Waals surface area contributed by atoms with E-state index in [0.29, 0.717) is 6.10 Å². The van der Waals surface area contributed by atoms with Crippen molar-refractivity contribution >= 4 is 21.6 Å². The van der Waals surface area contributed by atoms with Crippen molar-refractivity contribution in [2.24, 2.45) is 0 Å². The second kappa shape index (κ2) is 5.76. The lowest BCUT2D eigenvalue weighted by atomic mass is 10.1. The number of rotatable bonds is 2. The Kier molecular flexibility index (Phi) is 4.32. The van der Waals surface area contributed by atoms with E-state index in [2.05, 4.69) is 15.9 Å². The molecule has 1 aliphatic rings. The van der Waals surface area contributed by atoms with Crippen molar-refractivity contribution in [3.05, 3.63) is 22.2 Å². The van der Waals surface area contributed by atoms with E-state index in [1.807, 2.05) is 19.1 Å². The monoisotopic (exact) mass is 297 g/mol. The lowest BCUT2D eigenvalue weighted by Gasteiger charge is -2.19. The van der Waals surface area contributed by atoms with E-state index in [9.17, 15) is 0 Å². The number of anilines is 1. The van der Waals surface area contributed by atoms with Gasteiger partial charge in [-0.05, 0) is 66.2 Å². The zero-order valence-corrected chi connectivity index (χ0v) is 11.9. The predicted molar refractivity (Wildman–Crippen MR) is 75.4 cm³/mol. The number of nitrogen functional groups attached to an aromatic ring is 1. The third-order valence-corrected chi connectivity index (χ3v) is 4.04. The first-order chi connectivity index (χ1) is 8.16. The van der Waals surface area contributed by atoms with Crippen LogP contribution in [0.25, 0.3) is 0 Å². The highest BCUT2D eigenvalue weighted by atomic mass is 79.9. The van der Waals surface area contributed by atoms with Gasteiger partial charge in [0.15, 0.2) is 0 Å². The summed E-state index contributed by atoms with van der Waals surface area (Å²) < 4.78 is 7.06. The number of benzene rings is 1. The third-order valence-electron chi connectivity index (χ3n) is 3.42. The normalized spacial score (nSPS) is 17.8. The standard InChI is InChI=1S/C14H20BrNO/c1-10-8-14(12(15)9-13(10)16)17-11-6-4-2-3-5-7-11/h8-9,11H,2-7,16H2,1H3. The van der Waals surface area contributed by atoms with Gasteiger partial charge in [-0.1, -0.05) is 12.8 Å². The zero-order valence-electron chi connectivity index (χ0n) is 10.3. The summed E-state index contributed by atoms with van der Waals surface area (Å²) in [6, 6.07) is 3.96. The molecule has 0 heterocycles. The van der Waals surface area contributed by atoms with Gasteiger partial charge in [0.1, 0.15) is 5.75 Å². The fourth-order valence-electron chi connectivity index (χ4n) is 2.30. The minimum atomic E-state index is 0.372. The van der Waals surface area contributed by atoms with Crippen LogP contribution in [0.15, 0.2) is 16.6 Å². The topological polar surface area (TPSA) is 35.2 Å². The van der Waals surface area contributed by atoms with Crippen LogP contribution >= 0.6 is 15.9 Å². The fraction of sp³-hybridized carbons (Fsp3) is 0.571. The third kappa shape index (κ3) is 3.38. The molecule has 2 N–H and O–H groups in total. The van der Waals surface area contributed by atoms with Gasteiger partial charge in [-0.15, -0.1) is 0 Å². The summed E-state index contributed by atoms with van der Waals surface area (Å²) >= 11 is 3.52. The van der Waals surface area contributed by atoms with Crippen molar-refractivity contribution in [3.8, 4) is 5.75 Å². The van der Waals surface area contributed by atoms with Gasteiger partial charge in [-0.25, -0.2) is 0 Å². The highest BCUT2D eigenvalue weighted by molar-refractivity contribution is 9.10. The maximum absolute atomic E-state index is 6.10. The van der Waals surface area contributed by atoms with E-state index in [1.165, 1.54) is 38.5 Å². The summed E-state index contributed by atoms with van der Waals surface area (Å²) in [6.45, 7) is 2.02. The van der Waals surface area contributed by atoms with E-state index >= 15 is 0 Å². The minimum Gasteiger partial charge on any atom is -0.489 e. The van der Waals surface area contributed by atoms with Crippen molar-refractivity contribution in [1.29, 1.82) is 0 Å². The lowest BCUT2D eigenvalue weighted by Crippen LogP contribution is -2.15. The maximum atomic E-state index is 6.10. The molecular weight excluding hydrogens is 278 g/mol. The average Bonchev–Trinajstić information content (AvgIpc) is 2.54. The molecule has 2 rings (SSSR count). The second-order valence-corrected chi connectivity index (χ2v) is 5.72. The van der Waals surface area contributed by atoms with E-state index < -0.39 is 0 Å². The molecule has 1 aromatic carbocycles. The molecule has 0 bridgehead atoms. The Labute approximate surface area is 112 Å². The van der Waals surface area contributed by atoms with Gasteiger partial charge in [0, 0.05) is 5.69 Å². The summed E-state index contributed by atoms with van der Waals surface area (Å²) in [5, 5.41) is 0. The predicted octanol–water partition coefficient (Wildman–Crippen LogP) is 4.44. The van der Waals surface area contributed by atoms with Crippen molar-refractivity contribution in [2.75, 3.05) is 5.73 Å². The molecule has 1 aliphatic carbocycles. The van der Waals surface area contributed by atoms with Crippen LogP contribution in [0, 0.1) is 6.92 Å². The van der Waals surface area contributed by atoms with Crippen molar-refractivity contribution in [3.63, 3.8) is 0 Å². The summed E-state index contributed by atoms with van der Waals surface area (Å²) in [5.41, 5.74) is 7.75. The van der Waals surface area contributed by atoms with Crippen LogP contribution < -0.4 is 10.5 Å². The van der Waals surface area contributed by atoms with Crippen LogP contribution in [0.1, 0.15) is 44.1 Å². The molecule has 0 spiro atoms. The zero-order chi connectivity index (χ0) is 12.3. The Morgan fingerprint density at radius 3 is 2.47 bits per heavy atom. The number of ether oxygens (including phenoxy) is 1. The van der Waals surface area contributed by atoms with Gasteiger partial charge in [0.05, 0.1) is 10.6 Å². The van der Waals surface area contributed by atoms with Crippen molar-refractivity contribution < 1.29 is 4.74 Å². The molecule has 0 radical (unpaired) electrons. The minimum absolute atomic E-state index is 0.372. The van der Waals surface area contributed by atoms with Crippen LogP contribution in [-0.4, -0.2) is 6.10 Å². The number of hydrogen-bond acceptors (Lipinski definition) is 2. The molecule has 1 fully saturated rings. The number of halogens is 1. The quantitative estimate of drug-likeness (QED) is 0.647. The summed E-state index contributed by atoms with van der Waals surface area (Å²) in [4.78, 5) is 0. The van der Waals surface area contributed by atoms with Crippen LogP contribution in [-0.2, 0) is 0 Å². The molecule has 0 atom stereocenters. The van der Waals surface area contributed by atoms with Crippen LogP contribution in [0.5, 0.6) is 5.75 Å². The fourth-order valence-corrected chi connectivity index (χ4v) is 2.75. The van der Waals surface area contributed by atoms with E-state index in [-0.39, 0.29) is 0 Å². The Morgan fingerprint density at radius 1 is 1.18 bits per heavy atom. The highest BCUT2D eigenvalue weighted by Gasteiger charge is 2.15. The summed E-state index contributed by atoms with van der Waals surface area (Å²) in [7, 11) is 0. The van der Waals surface area contributed by atoms with Crippen LogP contribution in [0.2, 0.25) is 0 Å². The molecule has 94 valence electrons. The Morgan fingerprint density at radius 2 is 1.82 bits per heavy atom. The largest absolute Gasteiger partial charge is 0.489 e. The molecule has 0 saturated heterocycles. The Hall–Kier alpha value is -0.700. The molecular formula is C14H20BrNO. The summed E-state index contributed by atoms with van der Waals surface area (Å²) in [5.74, 6) is 0.934. The smallest absolute Gasteiger partial charge is 0.134 e. The van der Waals surface area contributed by atoms with Gasteiger partial charge in [0.2, 0.25) is 0 Å². The lowest BCUT2D eigenvalue weighted by molar-refractivity contribution is 0.182. The van der Waals surface area contributed by atoms with Crippen LogP contribution in [0.3, 0.4) is 0 Å². The molecule has 17 heavy (non-hydrogen) atoms. The van der Waals surface area contributed by atoms with Crippen molar-refractivity contribution in [2.45, 2.75) is 51.6 Å². The first-order valence-electron chi connectivity index (χ1n) is 6.39.